The zero-order chi connectivity index (χ0) is 25.6. The van der Waals surface area contributed by atoms with E-state index in [-0.39, 0.29) is 12.0 Å². The molecule has 9 nitrogen and oxygen atoms in total. The lowest BCUT2D eigenvalue weighted by molar-refractivity contribution is -0.193. The number of hydrogen-bond acceptors (Lipinski definition) is 6. The van der Waals surface area contributed by atoms with E-state index in [1.54, 1.807) is 12.1 Å². The van der Waals surface area contributed by atoms with E-state index in [2.05, 4.69) is 18.7 Å². The van der Waals surface area contributed by atoms with Gasteiger partial charge in [-0.2, -0.15) is 26.3 Å². The van der Waals surface area contributed by atoms with Crippen molar-refractivity contribution in [3.63, 3.8) is 0 Å². The van der Waals surface area contributed by atoms with Crippen LogP contribution in [0, 0.1) is 0 Å². The van der Waals surface area contributed by atoms with Crippen molar-refractivity contribution in [3.05, 3.63) is 24.2 Å². The maximum Gasteiger partial charge on any atom is 0.490 e. The van der Waals surface area contributed by atoms with E-state index in [4.69, 9.17) is 29.0 Å². The molecule has 2 fully saturated rings. The summed E-state index contributed by atoms with van der Waals surface area (Å²) in [6, 6.07) is 4.25. The first-order valence-corrected chi connectivity index (χ1v) is 9.36. The van der Waals surface area contributed by atoms with Crippen molar-refractivity contribution in [1.29, 1.82) is 0 Å². The molecule has 3 rings (SSSR count). The van der Waals surface area contributed by atoms with Gasteiger partial charge in [0.25, 0.3) is 5.91 Å². The largest absolute Gasteiger partial charge is 0.490 e. The highest BCUT2D eigenvalue weighted by molar-refractivity contribution is 5.91. The number of carboxylic acids is 2. The number of rotatable bonds is 2. The molecule has 0 aromatic carbocycles. The van der Waals surface area contributed by atoms with Gasteiger partial charge in [-0.1, -0.05) is 0 Å². The number of morpholine rings is 1. The summed E-state index contributed by atoms with van der Waals surface area (Å²) in [6.07, 6.45) is -8.50. The number of ether oxygens (including phenoxy) is 1. The molecule has 0 saturated carbocycles. The van der Waals surface area contributed by atoms with E-state index in [1.807, 2.05) is 4.90 Å². The number of likely N-dealkylation sites (tertiary alicyclic amines) is 1. The maximum absolute atomic E-state index is 12.3. The summed E-state index contributed by atoms with van der Waals surface area (Å²) in [4.78, 5) is 34.4. The standard InChI is InChI=1S/C14H20N2O3.2C2HF3O2/c1-10(2)16-5-7-19-13-9-15(8-11(13)16)14(17)12-4-3-6-18-12;2*3-2(4,5)1(6)7/h3-4,6,10-11,13H,5,7-9H2,1-2H3;2*(H,6,7)/t11-,13+;;/m1../s1. The van der Waals surface area contributed by atoms with E-state index in [9.17, 15) is 31.1 Å². The van der Waals surface area contributed by atoms with Crippen molar-refractivity contribution in [2.45, 2.75) is 44.4 Å². The third kappa shape index (κ3) is 8.57. The van der Waals surface area contributed by atoms with Crippen LogP contribution in [0.2, 0.25) is 0 Å². The van der Waals surface area contributed by atoms with E-state index in [1.165, 1.54) is 6.26 Å². The topological polar surface area (TPSA) is 121 Å². The Bertz CT molecular complexity index is 771. The van der Waals surface area contributed by atoms with Crippen molar-refractivity contribution in [2.24, 2.45) is 0 Å². The summed E-state index contributed by atoms with van der Waals surface area (Å²) in [5, 5.41) is 14.2. The summed E-state index contributed by atoms with van der Waals surface area (Å²) >= 11 is 0. The number of fused-ring (bicyclic) bond motifs is 1. The molecule has 2 N–H and O–H groups in total. The smallest absolute Gasteiger partial charge is 0.475 e. The van der Waals surface area contributed by atoms with Crippen molar-refractivity contribution >= 4 is 17.8 Å². The van der Waals surface area contributed by atoms with Gasteiger partial charge in [-0.05, 0) is 26.0 Å². The van der Waals surface area contributed by atoms with E-state index in [0.717, 1.165) is 19.7 Å². The van der Waals surface area contributed by atoms with Crippen molar-refractivity contribution in [3.8, 4) is 0 Å². The van der Waals surface area contributed by atoms with Crippen LogP contribution in [0.1, 0.15) is 24.4 Å². The lowest BCUT2D eigenvalue weighted by Crippen LogP contribution is -2.53. The molecule has 0 radical (unpaired) electrons. The second-order valence-electron chi connectivity index (χ2n) is 7.10. The number of amides is 1. The first-order chi connectivity index (χ1) is 15.1. The monoisotopic (exact) mass is 492 g/mol. The minimum Gasteiger partial charge on any atom is -0.475 e. The summed E-state index contributed by atoms with van der Waals surface area (Å²) in [5.41, 5.74) is 0. The molecule has 1 aromatic heterocycles. The number of halogens is 6. The molecule has 0 bridgehead atoms. The fourth-order valence-corrected chi connectivity index (χ4v) is 3.08. The second-order valence-corrected chi connectivity index (χ2v) is 7.10. The summed E-state index contributed by atoms with van der Waals surface area (Å²) in [7, 11) is 0. The Labute approximate surface area is 183 Å². The van der Waals surface area contributed by atoms with Gasteiger partial charge < -0.3 is 24.3 Å². The highest BCUT2D eigenvalue weighted by Crippen LogP contribution is 2.25. The van der Waals surface area contributed by atoms with Crippen LogP contribution < -0.4 is 0 Å². The van der Waals surface area contributed by atoms with Crippen molar-refractivity contribution < 1.29 is 60.1 Å². The van der Waals surface area contributed by atoms with Crippen molar-refractivity contribution in [2.75, 3.05) is 26.2 Å². The minimum atomic E-state index is -5.08. The molecule has 1 aromatic rings. The Kier molecular flexibility index (Phi) is 9.71. The molecule has 0 unspecified atom stereocenters. The Morgan fingerprint density at radius 1 is 1.03 bits per heavy atom. The number of nitrogens with zero attached hydrogens (tertiary/aromatic N) is 2. The van der Waals surface area contributed by atoms with Crippen LogP contribution in [0.4, 0.5) is 26.3 Å². The van der Waals surface area contributed by atoms with Crippen LogP contribution in [0.3, 0.4) is 0 Å². The zero-order valence-corrected chi connectivity index (χ0v) is 17.4. The van der Waals surface area contributed by atoms with Crippen LogP contribution in [-0.2, 0) is 14.3 Å². The fourth-order valence-electron chi connectivity index (χ4n) is 3.08. The molecular formula is C18H22F6N2O7. The lowest BCUT2D eigenvalue weighted by Gasteiger charge is -2.39. The number of alkyl halides is 6. The van der Waals surface area contributed by atoms with Crippen molar-refractivity contribution in [1.82, 2.24) is 9.80 Å². The van der Waals surface area contributed by atoms with Crippen LogP contribution in [0.5, 0.6) is 0 Å². The number of carboxylic acid groups (broad SMARTS) is 2. The van der Waals surface area contributed by atoms with E-state index in [0.29, 0.717) is 24.4 Å². The average molecular weight is 492 g/mol. The third-order valence-electron chi connectivity index (χ3n) is 4.51. The molecule has 0 aliphatic carbocycles. The van der Waals surface area contributed by atoms with E-state index < -0.39 is 24.3 Å². The highest BCUT2D eigenvalue weighted by Gasteiger charge is 2.43. The zero-order valence-electron chi connectivity index (χ0n) is 17.4. The van der Waals surface area contributed by atoms with Gasteiger partial charge in [0.2, 0.25) is 0 Å². The number of hydrogen-bond donors (Lipinski definition) is 2. The summed E-state index contributed by atoms with van der Waals surface area (Å²) in [5.74, 6) is -5.14. The van der Waals surface area contributed by atoms with Crippen LogP contribution in [0.15, 0.2) is 22.8 Å². The molecule has 188 valence electrons. The Balaban J connectivity index is 0.000000324. The van der Waals surface area contributed by atoms with Gasteiger partial charge in [-0.3, -0.25) is 9.69 Å². The third-order valence-corrected chi connectivity index (χ3v) is 4.51. The highest BCUT2D eigenvalue weighted by atomic mass is 19.4. The Morgan fingerprint density at radius 2 is 1.55 bits per heavy atom. The Morgan fingerprint density at radius 3 is 1.94 bits per heavy atom. The average Bonchev–Trinajstić information content (AvgIpc) is 3.36. The first kappa shape index (κ1) is 28.2. The SMILES string of the molecule is CC(C)N1CCO[C@H]2CN(C(=O)c3ccco3)C[C@H]21.O=C(O)C(F)(F)F.O=C(O)C(F)(F)F. The second kappa shape index (κ2) is 11.4. The molecule has 33 heavy (non-hydrogen) atoms. The molecular weight excluding hydrogens is 470 g/mol. The van der Waals surface area contributed by atoms with Gasteiger partial charge in [0, 0.05) is 25.7 Å². The summed E-state index contributed by atoms with van der Waals surface area (Å²) < 4.78 is 74.5. The molecule has 1 amide bonds. The van der Waals surface area contributed by atoms with Gasteiger partial charge in [0.05, 0.1) is 25.0 Å². The molecule has 2 aliphatic heterocycles. The molecule has 0 spiro atoms. The molecule has 2 atom stereocenters. The van der Waals surface area contributed by atoms with Gasteiger partial charge >= 0.3 is 24.3 Å². The van der Waals surface area contributed by atoms with Crippen LogP contribution in [0.25, 0.3) is 0 Å². The fraction of sp³-hybridized carbons (Fsp3) is 0.611. The van der Waals surface area contributed by atoms with Crippen LogP contribution >= 0.6 is 0 Å². The quantitative estimate of drug-likeness (QED) is 0.605. The lowest BCUT2D eigenvalue weighted by atomic mass is 10.1. The summed E-state index contributed by atoms with van der Waals surface area (Å²) in [6.45, 7) is 7.47. The molecule has 3 heterocycles. The van der Waals surface area contributed by atoms with Gasteiger partial charge in [0.1, 0.15) is 0 Å². The number of carbonyl (C=O) groups is 3. The molecule has 15 heteroatoms. The van der Waals surface area contributed by atoms with Crippen LogP contribution in [-0.4, -0.2) is 94.6 Å². The van der Waals surface area contributed by atoms with Gasteiger partial charge in [-0.15, -0.1) is 0 Å². The maximum atomic E-state index is 12.3. The van der Waals surface area contributed by atoms with E-state index >= 15 is 0 Å². The normalized spacial score (nSPS) is 20.8. The number of carbonyl (C=O) groups excluding carboxylic acids is 1. The first-order valence-electron chi connectivity index (χ1n) is 9.36. The van der Waals surface area contributed by atoms with Gasteiger partial charge in [-0.25, -0.2) is 9.59 Å². The Hall–Kier alpha value is -2.81. The van der Waals surface area contributed by atoms with Gasteiger partial charge in [0.15, 0.2) is 5.76 Å². The molecule has 2 aliphatic rings. The number of furan rings is 1. The predicted molar refractivity (Wildman–Crippen MR) is 97.4 cm³/mol. The number of aliphatic carboxylic acids is 2. The molecule has 2 saturated heterocycles. The predicted octanol–water partition coefficient (Wildman–Crippen LogP) is 2.48. The minimum absolute atomic E-state index is 0.0355.